The minimum absolute atomic E-state index is 0.177. The molecule has 0 unspecified atom stereocenters. The van der Waals surface area contributed by atoms with Gasteiger partial charge in [-0.1, -0.05) is 24.3 Å². The highest BCUT2D eigenvalue weighted by atomic mass is 19.4. The van der Waals surface area contributed by atoms with Crippen LogP contribution in [0.5, 0.6) is 11.5 Å². The van der Waals surface area contributed by atoms with E-state index in [0.717, 1.165) is 12.1 Å². The predicted molar refractivity (Wildman–Crippen MR) is 60.2 cm³/mol. The van der Waals surface area contributed by atoms with Crippen LogP contribution in [0, 0.1) is 5.82 Å². The predicted octanol–water partition coefficient (Wildman–Crippen LogP) is 4.10. The maximum Gasteiger partial charge on any atom is 0.573 e. The number of alkyl halides is 3. The summed E-state index contributed by atoms with van der Waals surface area (Å²) in [6.07, 6.45) is -4.89. The van der Waals surface area contributed by atoms with E-state index in [4.69, 9.17) is 0 Å². The van der Waals surface area contributed by atoms with Crippen LogP contribution in [0.15, 0.2) is 42.5 Å². The van der Waals surface area contributed by atoms with Crippen LogP contribution in [0.2, 0.25) is 0 Å². The lowest BCUT2D eigenvalue weighted by Crippen LogP contribution is -2.17. The molecule has 0 aliphatic rings. The van der Waals surface area contributed by atoms with E-state index < -0.39 is 23.7 Å². The number of halogens is 4. The molecule has 0 bridgehead atoms. The second-order valence-corrected chi connectivity index (χ2v) is 3.71. The Morgan fingerprint density at radius 3 is 2.26 bits per heavy atom. The zero-order chi connectivity index (χ0) is 14.0. The highest BCUT2D eigenvalue weighted by molar-refractivity contribution is 5.67. The summed E-state index contributed by atoms with van der Waals surface area (Å²) in [6, 6.07) is 8.92. The van der Waals surface area contributed by atoms with Gasteiger partial charge >= 0.3 is 6.36 Å². The topological polar surface area (TPSA) is 29.5 Å². The van der Waals surface area contributed by atoms with Gasteiger partial charge in [0, 0.05) is 5.56 Å². The number of hydrogen-bond acceptors (Lipinski definition) is 2. The maximum absolute atomic E-state index is 13.5. The van der Waals surface area contributed by atoms with Crippen LogP contribution in [0.4, 0.5) is 17.6 Å². The van der Waals surface area contributed by atoms with Gasteiger partial charge in [0.2, 0.25) is 0 Å². The highest BCUT2D eigenvalue weighted by Gasteiger charge is 2.32. The molecule has 0 aromatic heterocycles. The summed E-state index contributed by atoms with van der Waals surface area (Å²) < 4.78 is 53.1. The molecule has 2 nitrogen and oxygen atoms in total. The molecule has 0 spiro atoms. The van der Waals surface area contributed by atoms with Crippen LogP contribution in [0.3, 0.4) is 0 Å². The molecule has 0 saturated carbocycles. The summed E-state index contributed by atoms with van der Waals surface area (Å²) in [4.78, 5) is 0. The van der Waals surface area contributed by atoms with Crippen molar-refractivity contribution in [1.82, 2.24) is 0 Å². The number of phenols is 1. The molecular formula is C13H8F4O2. The normalized spacial score (nSPS) is 11.4. The number of rotatable bonds is 2. The molecule has 0 saturated heterocycles. The van der Waals surface area contributed by atoms with Gasteiger partial charge in [-0.05, 0) is 23.8 Å². The van der Waals surface area contributed by atoms with E-state index in [1.165, 1.54) is 24.3 Å². The van der Waals surface area contributed by atoms with Crippen LogP contribution in [0.1, 0.15) is 0 Å². The molecule has 0 heterocycles. The van der Waals surface area contributed by atoms with E-state index in [9.17, 15) is 22.7 Å². The van der Waals surface area contributed by atoms with Crippen molar-refractivity contribution in [3.8, 4) is 22.6 Å². The highest BCUT2D eigenvalue weighted by Crippen LogP contribution is 2.35. The van der Waals surface area contributed by atoms with Gasteiger partial charge in [-0.2, -0.15) is 0 Å². The number of aromatic hydroxyl groups is 1. The third kappa shape index (κ3) is 3.15. The van der Waals surface area contributed by atoms with Crippen LogP contribution >= 0.6 is 0 Å². The first-order valence-corrected chi connectivity index (χ1v) is 5.20. The Bertz CT molecular complexity index is 593. The van der Waals surface area contributed by atoms with Gasteiger partial charge in [-0.3, -0.25) is 0 Å². The van der Waals surface area contributed by atoms with E-state index in [1.807, 2.05) is 0 Å². The summed E-state index contributed by atoms with van der Waals surface area (Å²) in [7, 11) is 0. The van der Waals surface area contributed by atoms with Crippen molar-refractivity contribution >= 4 is 0 Å². The van der Waals surface area contributed by atoms with Crippen molar-refractivity contribution in [2.75, 3.05) is 0 Å². The summed E-state index contributed by atoms with van der Waals surface area (Å²) in [6.45, 7) is 0. The van der Waals surface area contributed by atoms with Crippen molar-refractivity contribution in [1.29, 1.82) is 0 Å². The molecule has 2 aromatic carbocycles. The van der Waals surface area contributed by atoms with Crippen molar-refractivity contribution in [3.05, 3.63) is 48.3 Å². The summed E-state index contributed by atoms with van der Waals surface area (Å²) in [5, 5.41) is 9.46. The van der Waals surface area contributed by atoms with E-state index in [1.54, 1.807) is 6.07 Å². The fourth-order valence-corrected chi connectivity index (χ4v) is 1.59. The Morgan fingerprint density at radius 2 is 1.68 bits per heavy atom. The third-order valence-electron chi connectivity index (χ3n) is 2.37. The first-order valence-electron chi connectivity index (χ1n) is 5.20. The molecule has 0 amide bonds. The fraction of sp³-hybridized carbons (Fsp3) is 0.0769. The van der Waals surface area contributed by atoms with Gasteiger partial charge in [-0.15, -0.1) is 13.2 Å². The van der Waals surface area contributed by atoms with Crippen LogP contribution in [0.25, 0.3) is 11.1 Å². The van der Waals surface area contributed by atoms with E-state index >= 15 is 0 Å². The van der Waals surface area contributed by atoms with Crippen molar-refractivity contribution in [2.45, 2.75) is 6.36 Å². The lowest BCUT2D eigenvalue weighted by molar-refractivity contribution is -0.275. The van der Waals surface area contributed by atoms with Crippen molar-refractivity contribution < 1.29 is 27.4 Å². The molecule has 1 N–H and O–H groups in total. The SMILES string of the molecule is Oc1cc(-c2ccccc2F)ccc1OC(F)(F)F. The molecule has 19 heavy (non-hydrogen) atoms. The third-order valence-corrected chi connectivity index (χ3v) is 2.37. The van der Waals surface area contributed by atoms with Gasteiger partial charge < -0.3 is 9.84 Å². The second kappa shape index (κ2) is 4.79. The minimum Gasteiger partial charge on any atom is -0.504 e. The molecule has 0 fully saturated rings. The standard InChI is InChI=1S/C13H8F4O2/c14-10-4-2-1-3-9(10)8-5-6-12(11(18)7-8)19-13(15,16)17/h1-7,18H. The lowest BCUT2D eigenvalue weighted by atomic mass is 10.0. The molecular weight excluding hydrogens is 264 g/mol. The molecule has 2 aromatic rings. The Hall–Kier alpha value is -2.24. The first-order chi connectivity index (χ1) is 8.87. The molecule has 2 rings (SSSR count). The Morgan fingerprint density at radius 1 is 1.00 bits per heavy atom. The summed E-state index contributed by atoms with van der Waals surface area (Å²) >= 11 is 0. The number of hydrogen-bond donors (Lipinski definition) is 1. The monoisotopic (exact) mass is 272 g/mol. The fourth-order valence-electron chi connectivity index (χ4n) is 1.59. The first kappa shape index (κ1) is 13.2. The van der Waals surface area contributed by atoms with E-state index in [-0.39, 0.29) is 11.1 Å². The molecule has 0 aliphatic carbocycles. The Kier molecular flexibility index (Phi) is 3.33. The average molecular weight is 272 g/mol. The van der Waals surface area contributed by atoms with Crippen LogP contribution in [-0.4, -0.2) is 11.5 Å². The number of ether oxygens (including phenoxy) is 1. The Labute approximate surface area is 105 Å². The molecule has 0 radical (unpaired) electrons. The lowest BCUT2D eigenvalue weighted by Gasteiger charge is -2.11. The quantitative estimate of drug-likeness (QED) is 0.834. The van der Waals surface area contributed by atoms with Gasteiger partial charge in [0.15, 0.2) is 11.5 Å². The van der Waals surface area contributed by atoms with Crippen molar-refractivity contribution in [2.24, 2.45) is 0 Å². The average Bonchev–Trinajstić information content (AvgIpc) is 2.31. The zero-order valence-corrected chi connectivity index (χ0v) is 9.41. The van der Waals surface area contributed by atoms with Gasteiger partial charge in [-0.25, -0.2) is 4.39 Å². The van der Waals surface area contributed by atoms with E-state index in [0.29, 0.717) is 0 Å². The smallest absolute Gasteiger partial charge is 0.504 e. The molecule has 0 atom stereocenters. The molecule has 100 valence electrons. The van der Waals surface area contributed by atoms with Gasteiger partial charge in [0.05, 0.1) is 0 Å². The molecule has 0 aliphatic heterocycles. The summed E-state index contributed by atoms with van der Waals surface area (Å²) in [5.41, 5.74) is 0.432. The summed E-state index contributed by atoms with van der Waals surface area (Å²) in [5.74, 6) is -1.97. The van der Waals surface area contributed by atoms with Crippen molar-refractivity contribution in [3.63, 3.8) is 0 Å². The number of benzene rings is 2. The van der Waals surface area contributed by atoms with Gasteiger partial charge in [0.1, 0.15) is 5.82 Å². The zero-order valence-electron chi connectivity index (χ0n) is 9.41. The largest absolute Gasteiger partial charge is 0.573 e. The Balaban J connectivity index is 2.37. The minimum atomic E-state index is -4.89. The van der Waals surface area contributed by atoms with E-state index in [2.05, 4.69) is 4.74 Å². The van der Waals surface area contributed by atoms with Gasteiger partial charge in [0.25, 0.3) is 0 Å². The second-order valence-electron chi connectivity index (χ2n) is 3.71. The van der Waals surface area contributed by atoms with Crippen LogP contribution in [-0.2, 0) is 0 Å². The number of phenolic OH excluding ortho intramolecular Hbond substituents is 1. The maximum atomic E-state index is 13.5. The molecule has 6 heteroatoms. The van der Waals surface area contributed by atoms with Crippen LogP contribution < -0.4 is 4.74 Å².